The minimum absolute atomic E-state index is 0.535. The minimum Gasteiger partial charge on any atom is -0.297 e. The Labute approximate surface area is 105 Å². The maximum Gasteiger partial charge on any atom is 0.0320 e. The van der Waals surface area contributed by atoms with Crippen LogP contribution < -0.4 is 0 Å². The van der Waals surface area contributed by atoms with Crippen molar-refractivity contribution in [1.82, 2.24) is 4.90 Å². The summed E-state index contributed by atoms with van der Waals surface area (Å²) < 4.78 is 0. The third kappa shape index (κ3) is 3.19. The number of benzene rings is 1. The van der Waals surface area contributed by atoms with Gasteiger partial charge in [0.2, 0.25) is 0 Å². The van der Waals surface area contributed by atoms with E-state index in [1.807, 2.05) is 6.08 Å². The summed E-state index contributed by atoms with van der Waals surface area (Å²) in [7, 11) is 0. The monoisotopic (exact) mass is 229 g/mol. The second-order valence-corrected chi connectivity index (χ2v) is 5.00. The van der Waals surface area contributed by atoms with Gasteiger partial charge in [-0.2, -0.15) is 0 Å². The van der Waals surface area contributed by atoms with E-state index in [1.54, 1.807) is 0 Å². The summed E-state index contributed by atoms with van der Waals surface area (Å²) in [4.78, 5) is 2.62. The van der Waals surface area contributed by atoms with Crippen LogP contribution in [0.15, 0.2) is 30.8 Å². The van der Waals surface area contributed by atoms with Crippen molar-refractivity contribution in [3.05, 3.63) is 42.0 Å². The van der Waals surface area contributed by atoms with E-state index in [9.17, 15) is 0 Å². The van der Waals surface area contributed by atoms with Gasteiger partial charge in [-0.05, 0) is 44.0 Å². The molecule has 0 bridgehead atoms. The number of hydrogen-bond acceptors (Lipinski definition) is 1. The standard InChI is InChI=1S/C16H23N/c1-3-15-9-8-10-16(13-15)14(2)17-11-6-4-5-7-12-17/h3,8-10,13-14H,1,4-7,11-12H2,2H3. The first-order chi connectivity index (χ1) is 8.31. The summed E-state index contributed by atoms with van der Waals surface area (Å²) >= 11 is 0. The largest absolute Gasteiger partial charge is 0.297 e. The van der Waals surface area contributed by atoms with E-state index in [4.69, 9.17) is 0 Å². The molecule has 1 unspecified atom stereocenters. The Morgan fingerprint density at radius 3 is 2.53 bits per heavy atom. The van der Waals surface area contributed by atoms with E-state index in [1.165, 1.54) is 49.9 Å². The molecule has 2 rings (SSSR count). The molecule has 92 valence electrons. The highest BCUT2D eigenvalue weighted by atomic mass is 15.1. The first-order valence-corrected chi connectivity index (χ1v) is 6.77. The van der Waals surface area contributed by atoms with Gasteiger partial charge < -0.3 is 0 Å². The maximum absolute atomic E-state index is 3.85. The molecule has 0 aromatic heterocycles. The zero-order valence-corrected chi connectivity index (χ0v) is 10.9. The van der Waals surface area contributed by atoms with Gasteiger partial charge in [-0.15, -0.1) is 0 Å². The molecule has 1 nitrogen and oxygen atoms in total. The molecule has 1 heteroatoms. The molecule has 1 aromatic carbocycles. The first-order valence-electron chi connectivity index (χ1n) is 6.77. The van der Waals surface area contributed by atoms with Crippen LogP contribution in [0.5, 0.6) is 0 Å². The van der Waals surface area contributed by atoms with Crippen LogP contribution in [-0.4, -0.2) is 18.0 Å². The Bertz CT molecular complexity index is 362. The molecular weight excluding hydrogens is 206 g/mol. The van der Waals surface area contributed by atoms with Gasteiger partial charge in [-0.1, -0.05) is 49.8 Å². The predicted octanol–water partition coefficient (Wildman–Crippen LogP) is 4.27. The maximum atomic E-state index is 3.85. The molecule has 0 radical (unpaired) electrons. The van der Waals surface area contributed by atoms with Gasteiger partial charge in [-0.25, -0.2) is 0 Å². The van der Waals surface area contributed by atoms with Crippen molar-refractivity contribution in [3.63, 3.8) is 0 Å². The third-order valence-electron chi connectivity index (χ3n) is 3.82. The molecule has 1 heterocycles. The van der Waals surface area contributed by atoms with Crippen LogP contribution in [0.2, 0.25) is 0 Å². The van der Waals surface area contributed by atoms with E-state index in [2.05, 4.69) is 42.7 Å². The normalized spacial score (nSPS) is 19.6. The highest BCUT2D eigenvalue weighted by Crippen LogP contribution is 2.24. The second-order valence-electron chi connectivity index (χ2n) is 5.00. The highest BCUT2D eigenvalue weighted by Gasteiger charge is 2.16. The lowest BCUT2D eigenvalue weighted by Gasteiger charge is -2.28. The van der Waals surface area contributed by atoms with Crippen LogP contribution in [0.1, 0.15) is 49.8 Å². The smallest absolute Gasteiger partial charge is 0.0320 e. The van der Waals surface area contributed by atoms with Gasteiger partial charge in [0.05, 0.1) is 0 Å². The number of nitrogens with zero attached hydrogens (tertiary/aromatic N) is 1. The van der Waals surface area contributed by atoms with Crippen molar-refractivity contribution < 1.29 is 0 Å². The van der Waals surface area contributed by atoms with Crippen LogP contribution >= 0.6 is 0 Å². The SMILES string of the molecule is C=Cc1cccc(C(C)N2CCCCCC2)c1. The van der Waals surface area contributed by atoms with Crippen molar-refractivity contribution in [2.75, 3.05) is 13.1 Å². The summed E-state index contributed by atoms with van der Waals surface area (Å²) in [6, 6.07) is 9.30. The number of likely N-dealkylation sites (tertiary alicyclic amines) is 1. The first kappa shape index (κ1) is 12.4. The van der Waals surface area contributed by atoms with Gasteiger partial charge >= 0.3 is 0 Å². The lowest BCUT2D eigenvalue weighted by Crippen LogP contribution is -2.27. The molecule has 1 saturated heterocycles. The molecule has 1 aliphatic heterocycles. The summed E-state index contributed by atoms with van der Waals surface area (Å²) in [6.07, 6.45) is 7.43. The highest BCUT2D eigenvalue weighted by molar-refractivity contribution is 5.48. The van der Waals surface area contributed by atoms with Crippen LogP contribution in [0.4, 0.5) is 0 Å². The molecule has 0 amide bonds. The van der Waals surface area contributed by atoms with E-state index < -0.39 is 0 Å². The Morgan fingerprint density at radius 2 is 1.88 bits per heavy atom. The van der Waals surface area contributed by atoms with Gasteiger partial charge in [0.1, 0.15) is 0 Å². The molecule has 1 fully saturated rings. The average molecular weight is 229 g/mol. The van der Waals surface area contributed by atoms with Crippen molar-refractivity contribution in [2.45, 2.75) is 38.6 Å². The van der Waals surface area contributed by atoms with Crippen molar-refractivity contribution in [2.24, 2.45) is 0 Å². The fraction of sp³-hybridized carbons (Fsp3) is 0.500. The second kappa shape index (κ2) is 6.02. The lowest BCUT2D eigenvalue weighted by molar-refractivity contribution is 0.219. The third-order valence-corrected chi connectivity index (χ3v) is 3.82. The van der Waals surface area contributed by atoms with Crippen LogP contribution in [0, 0.1) is 0 Å². The zero-order valence-electron chi connectivity index (χ0n) is 10.9. The van der Waals surface area contributed by atoms with Crippen molar-refractivity contribution >= 4 is 6.08 Å². The molecule has 17 heavy (non-hydrogen) atoms. The quantitative estimate of drug-likeness (QED) is 0.748. The molecule has 1 aromatic rings. The van der Waals surface area contributed by atoms with Gasteiger partial charge in [0.25, 0.3) is 0 Å². The van der Waals surface area contributed by atoms with Crippen molar-refractivity contribution in [3.8, 4) is 0 Å². The zero-order chi connectivity index (χ0) is 12.1. The minimum atomic E-state index is 0.535. The molecule has 1 atom stereocenters. The Hall–Kier alpha value is -1.08. The summed E-state index contributed by atoms with van der Waals surface area (Å²) in [5, 5.41) is 0. The molecule has 1 aliphatic rings. The van der Waals surface area contributed by atoms with Crippen LogP contribution in [-0.2, 0) is 0 Å². The molecular formula is C16H23N. The fourth-order valence-electron chi connectivity index (χ4n) is 2.64. The van der Waals surface area contributed by atoms with Gasteiger partial charge in [-0.3, -0.25) is 4.90 Å². The van der Waals surface area contributed by atoms with E-state index in [-0.39, 0.29) is 0 Å². The Morgan fingerprint density at radius 1 is 1.18 bits per heavy atom. The van der Waals surface area contributed by atoms with Gasteiger partial charge in [0, 0.05) is 6.04 Å². The van der Waals surface area contributed by atoms with Crippen LogP contribution in [0.3, 0.4) is 0 Å². The van der Waals surface area contributed by atoms with E-state index >= 15 is 0 Å². The topological polar surface area (TPSA) is 3.24 Å². The number of rotatable bonds is 3. The molecule has 0 saturated carbocycles. The van der Waals surface area contributed by atoms with E-state index in [0.29, 0.717) is 6.04 Å². The van der Waals surface area contributed by atoms with Gasteiger partial charge in [0.15, 0.2) is 0 Å². The Balaban J connectivity index is 2.11. The van der Waals surface area contributed by atoms with Crippen LogP contribution in [0.25, 0.3) is 6.08 Å². The lowest BCUT2D eigenvalue weighted by atomic mass is 10.0. The molecule has 0 spiro atoms. The molecule has 0 N–H and O–H groups in total. The van der Waals surface area contributed by atoms with E-state index in [0.717, 1.165) is 0 Å². The average Bonchev–Trinajstić information content (AvgIpc) is 2.67. The summed E-state index contributed by atoms with van der Waals surface area (Å²) in [5.41, 5.74) is 2.65. The summed E-state index contributed by atoms with van der Waals surface area (Å²) in [6.45, 7) is 8.67. The van der Waals surface area contributed by atoms with Crippen molar-refractivity contribution in [1.29, 1.82) is 0 Å². The molecule has 0 aliphatic carbocycles. The number of hydrogen-bond donors (Lipinski definition) is 0. The fourth-order valence-corrected chi connectivity index (χ4v) is 2.64. The predicted molar refractivity (Wildman–Crippen MR) is 75.0 cm³/mol. The Kier molecular flexibility index (Phi) is 4.38. The summed E-state index contributed by atoms with van der Waals surface area (Å²) in [5.74, 6) is 0.